The molecule has 1 aromatic carbocycles. The van der Waals surface area contributed by atoms with Gasteiger partial charge >= 0.3 is 0 Å². The lowest BCUT2D eigenvalue weighted by atomic mass is 9.66. The predicted molar refractivity (Wildman–Crippen MR) is 118 cm³/mol. The standard InChI is InChI=1S/C24H30N4O4/c29-20-4-3-19(21(30)27-20)28-22(31)17-2-1-16(13-18(17)23(28)32)26-14-15-5-7-24(8-6-15)9-11-25-12-10-24/h1-2,13,15,19,25-26H,3-12,14H2,(H,27,29,30). The van der Waals surface area contributed by atoms with Crippen LogP contribution >= 0.6 is 0 Å². The number of fused-ring (bicyclic) bond motifs is 1. The van der Waals surface area contributed by atoms with Crippen LogP contribution in [0.5, 0.6) is 0 Å². The van der Waals surface area contributed by atoms with Crippen LogP contribution in [-0.4, -0.2) is 54.2 Å². The van der Waals surface area contributed by atoms with Crippen LogP contribution in [0.25, 0.3) is 0 Å². The molecule has 5 rings (SSSR count). The first-order valence-electron chi connectivity index (χ1n) is 11.8. The van der Waals surface area contributed by atoms with Crippen LogP contribution in [0.15, 0.2) is 18.2 Å². The van der Waals surface area contributed by atoms with Crippen molar-refractivity contribution >= 4 is 29.3 Å². The second-order valence-corrected chi connectivity index (χ2v) is 9.78. The third-order valence-electron chi connectivity index (χ3n) is 7.86. The zero-order valence-electron chi connectivity index (χ0n) is 18.2. The molecule has 170 valence electrons. The molecule has 0 aromatic heterocycles. The van der Waals surface area contributed by atoms with Gasteiger partial charge in [-0.15, -0.1) is 0 Å². The molecule has 1 saturated carbocycles. The van der Waals surface area contributed by atoms with Gasteiger partial charge in [0.25, 0.3) is 11.8 Å². The maximum Gasteiger partial charge on any atom is 0.262 e. The second kappa shape index (κ2) is 8.31. The molecule has 1 atom stereocenters. The van der Waals surface area contributed by atoms with Gasteiger partial charge in [0.15, 0.2) is 0 Å². The van der Waals surface area contributed by atoms with Crippen molar-refractivity contribution in [2.45, 2.75) is 57.4 Å². The SMILES string of the molecule is O=C1CCC(N2C(=O)c3ccc(NCC4CCC5(CCNCC5)CC4)cc3C2=O)C(=O)N1. The van der Waals surface area contributed by atoms with Crippen molar-refractivity contribution in [1.29, 1.82) is 0 Å². The highest BCUT2D eigenvalue weighted by molar-refractivity contribution is 6.23. The molecule has 1 aromatic rings. The summed E-state index contributed by atoms with van der Waals surface area (Å²) in [5, 5.41) is 9.15. The number of carbonyl (C=O) groups excluding carboxylic acids is 4. The van der Waals surface area contributed by atoms with Crippen LogP contribution in [0.4, 0.5) is 5.69 Å². The molecule has 2 saturated heterocycles. The maximum atomic E-state index is 13.0. The summed E-state index contributed by atoms with van der Waals surface area (Å²) in [6.45, 7) is 3.13. The molecule has 8 nitrogen and oxygen atoms in total. The Morgan fingerprint density at radius 2 is 1.66 bits per heavy atom. The molecule has 3 fully saturated rings. The van der Waals surface area contributed by atoms with E-state index < -0.39 is 23.8 Å². The summed E-state index contributed by atoms with van der Waals surface area (Å²) in [7, 11) is 0. The fourth-order valence-electron chi connectivity index (χ4n) is 5.79. The van der Waals surface area contributed by atoms with Crippen LogP contribution in [0.3, 0.4) is 0 Å². The summed E-state index contributed by atoms with van der Waals surface area (Å²) >= 11 is 0. The molecule has 3 heterocycles. The number of amides is 4. The Balaban J connectivity index is 1.21. The normalized spacial score (nSPS) is 25.8. The first-order chi connectivity index (χ1) is 15.5. The van der Waals surface area contributed by atoms with Crippen molar-refractivity contribution in [2.75, 3.05) is 25.0 Å². The first-order valence-corrected chi connectivity index (χ1v) is 11.8. The Kier molecular flexibility index (Phi) is 5.49. The molecule has 32 heavy (non-hydrogen) atoms. The van der Waals surface area contributed by atoms with Gasteiger partial charge < -0.3 is 10.6 Å². The molecule has 8 heteroatoms. The molecule has 0 radical (unpaired) electrons. The minimum Gasteiger partial charge on any atom is -0.385 e. The molecule has 4 amide bonds. The average Bonchev–Trinajstić information content (AvgIpc) is 3.04. The van der Waals surface area contributed by atoms with E-state index in [2.05, 4.69) is 16.0 Å². The number of rotatable bonds is 4. The van der Waals surface area contributed by atoms with E-state index in [0.29, 0.717) is 22.5 Å². The summed E-state index contributed by atoms with van der Waals surface area (Å²) in [6.07, 6.45) is 7.89. The lowest BCUT2D eigenvalue weighted by Crippen LogP contribution is -2.54. The van der Waals surface area contributed by atoms with Gasteiger partial charge in [0.05, 0.1) is 11.1 Å². The highest BCUT2D eigenvalue weighted by Crippen LogP contribution is 2.45. The molecule has 1 spiro atoms. The third-order valence-corrected chi connectivity index (χ3v) is 7.86. The van der Waals surface area contributed by atoms with Gasteiger partial charge in [-0.25, -0.2) is 0 Å². The summed E-state index contributed by atoms with van der Waals surface area (Å²) < 4.78 is 0. The molecule has 1 unspecified atom stereocenters. The van der Waals surface area contributed by atoms with Crippen LogP contribution in [-0.2, 0) is 9.59 Å². The average molecular weight is 439 g/mol. The zero-order chi connectivity index (χ0) is 22.3. The largest absolute Gasteiger partial charge is 0.385 e. The van der Waals surface area contributed by atoms with E-state index in [1.54, 1.807) is 12.1 Å². The number of hydrogen-bond donors (Lipinski definition) is 3. The highest BCUT2D eigenvalue weighted by atomic mass is 16.2. The van der Waals surface area contributed by atoms with Gasteiger partial charge in [-0.05, 0) is 87.6 Å². The molecule has 4 aliphatic rings. The smallest absolute Gasteiger partial charge is 0.262 e. The number of nitrogens with one attached hydrogen (secondary N) is 3. The topological polar surface area (TPSA) is 108 Å². The number of anilines is 1. The third kappa shape index (κ3) is 3.81. The van der Waals surface area contributed by atoms with Crippen LogP contribution < -0.4 is 16.0 Å². The Labute approximate surface area is 187 Å². The number of nitrogens with zero attached hydrogens (tertiary/aromatic N) is 1. The van der Waals surface area contributed by atoms with Crippen molar-refractivity contribution in [3.63, 3.8) is 0 Å². The molecule has 0 bridgehead atoms. The van der Waals surface area contributed by atoms with Crippen molar-refractivity contribution in [2.24, 2.45) is 11.3 Å². The highest BCUT2D eigenvalue weighted by Gasteiger charge is 2.44. The van der Waals surface area contributed by atoms with Crippen LogP contribution in [0.1, 0.15) is 72.1 Å². The van der Waals surface area contributed by atoms with Crippen LogP contribution in [0.2, 0.25) is 0 Å². The quantitative estimate of drug-likeness (QED) is 0.621. The first kappa shape index (κ1) is 21.1. The Bertz CT molecular complexity index is 959. The van der Waals surface area contributed by atoms with E-state index >= 15 is 0 Å². The second-order valence-electron chi connectivity index (χ2n) is 9.78. The lowest BCUT2D eigenvalue weighted by Gasteiger charge is -2.43. The van der Waals surface area contributed by atoms with Crippen molar-refractivity contribution in [3.05, 3.63) is 29.3 Å². The lowest BCUT2D eigenvalue weighted by molar-refractivity contribution is -0.136. The minimum absolute atomic E-state index is 0.121. The number of hydrogen-bond acceptors (Lipinski definition) is 6. The fraction of sp³-hybridized carbons (Fsp3) is 0.583. The van der Waals surface area contributed by atoms with E-state index in [4.69, 9.17) is 0 Å². The number of piperidine rings is 2. The summed E-state index contributed by atoms with van der Waals surface area (Å²) in [5.74, 6) is -1.28. The minimum atomic E-state index is -0.930. The van der Waals surface area contributed by atoms with Crippen molar-refractivity contribution < 1.29 is 19.2 Å². The van der Waals surface area contributed by atoms with E-state index in [0.717, 1.165) is 30.2 Å². The van der Waals surface area contributed by atoms with Gasteiger partial charge in [-0.2, -0.15) is 0 Å². The van der Waals surface area contributed by atoms with Gasteiger partial charge in [0.2, 0.25) is 11.8 Å². The number of carbonyl (C=O) groups is 4. The monoisotopic (exact) mass is 438 g/mol. The predicted octanol–water partition coefficient (Wildman–Crippen LogP) is 2.06. The Morgan fingerprint density at radius 3 is 2.38 bits per heavy atom. The molecule has 3 N–H and O–H groups in total. The van der Waals surface area contributed by atoms with Gasteiger partial charge in [0, 0.05) is 18.7 Å². The Morgan fingerprint density at radius 1 is 0.938 bits per heavy atom. The summed E-state index contributed by atoms with van der Waals surface area (Å²) in [6, 6.07) is 4.28. The molecule has 1 aliphatic carbocycles. The van der Waals surface area contributed by atoms with Crippen molar-refractivity contribution in [1.82, 2.24) is 15.5 Å². The number of imide groups is 2. The van der Waals surface area contributed by atoms with Gasteiger partial charge in [-0.1, -0.05) is 0 Å². The number of benzene rings is 1. The van der Waals surface area contributed by atoms with Crippen molar-refractivity contribution in [3.8, 4) is 0 Å². The summed E-state index contributed by atoms with van der Waals surface area (Å²) in [5.41, 5.74) is 2.00. The van der Waals surface area contributed by atoms with E-state index in [9.17, 15) is 19.2 Å². The van der Waals surface area contributed by atoms with E-state index in [1.165, 1.54) is 38.5 Å². The zero-order valence-corrected chi connectivity index (χ0v) is 18.2. The molecular weight excluding hydrogens is 408 g/mol. The summed E-state index contributed by atoms with van der Waals surface area (Å²) in [4.78, 5) is 50.4. The van der Waals surface area contributed by atoms with Gasteiger partial charge in [0.1, 0.15) is 6.04 Å². The molecule has 3 aliphatic heterocycles. The molecular formula is C24H30N4O4. The maximum absolute atomic E-state index is 13.0. The van der Waals surface area contributed by atoms with E-state index in [1.807, 2.05) is 6.07 Å². The van der Waals surface area contributed by atoms with Gasteiger partial charge in [-0.3, -0.25) is 29.4 Å². The van der Waals surface area contributed by atoms with E-state index in [-0.39, 0.29) is 18.7 Å². The fourth-order valence-corrected chi connectivity index (χ4v) is 5.79. The van der Waals surface area contributed by atoms with Crippen LogP contribution in [0, 0.1) is 11.3 Å². The Hall–Kier alpha value is -2.74.